The lowest BCUT2D eigenvalue weighted by Gasteiger charge is -2.62. The molecule has 2 heteroatoms. The highest BCUT2D eigenvalue weighted by molar-refractivity contribution is 5.76. The molecule has 4 rings (SSSR count). The molecular weight excluding hydrogens is 224 g/mol. The molecule has 0 radical (unpaired) electrons. The Kier molecular flexibility index (Phi) is 2.60. The number of carboxylic acids is 1. The predicted octanol–water partition coefficient (Wildman–Crippen LogP) is 3.95. The first-order valence-electron chi connectivity index (χ1n) is 7.61. The van der Waals surface area contributed by atoms with Crippen molar-refractivity contribution in [3.63, 3.8) is 0 Å². The minimum Gasteiger partial charge on any atom is -0.481 e. The molecule has 2 nitrogen and oxygen atoms in total. The summed E-state index contributed by atoms with van der Waals surface area (Å²) in [5.41, 5.74) is -0.426. The van der Waals surface area contributed by atoms with Gasteiger partial charge in [0.2, 0.25) is 0 Å². The van der Waals surface area contributed by atoms with Crippen molar-refractivity contribution in [2.24, 2.45) is 34.5 Å². The van der Waals surface area contributed by atoms with Gasteiger partial charge in [-0.15, -0.1) is 0 Å². The summed E-state index contributed by atoms with van der Waals surface area (Å²) in [4.78, 5) is 12.0. The largest absolute Gasteiger partial charge is 0.481 e. The van der Waals surface area contributed by atoms with E-state index in [4.69, 9.17) is 0 Å². The Labute approximate surface area is 110 Å². The monoisotopic (exact) mass is 250 g/mol. The maximum atomic E-state index is 12.0. The average molecular weight is 250 g/mol. The van der Waals surface area contributed by atoms with Crippen LogP contribution in [0.2, 0.25) is 0 Å². The first kappa shape index (κ1) is 12.5. The molecule has 4 bridgehead atoms. The quantitative estimate of drug-likeness (QED) is 0.823. The molecule has 4 fully saturated rings. The van der Waals surface area contributed by atoms with Gasteiger partial charge in [-0.1, -0.05) is 13.8 Å². The van der Waals surface area contributed by atoms with Crippen LogP contribution in [0.3, 0.4) is 0 Å². The summed E-state index contributed by atoms with van der Waals surface area (Å²) in [6.07, 6.45) is 7.69. The second-order valence-corrected chi connectivity index (χ2v) is 7.86. The van der Waals surface area contributed by atoms with E-state index in [-0.39, 0.29) is 11.3 Å². The first-order chi connectivity index (χ1) is 8.37. The zero-order valence-corrected chi connectivity index (χ0v) is 11.9. The predicted molar refractivity (Wildman–Crippen MR) is 71.2 cm³/mol. The molecule has 1 atom stereocenters. The third kappa shape index (κ3) is 1.44. The van der Waals surface area contributed by atoms with Gasteiger partial charge in [0.25, 0.3) is 0 Å². The van der Waals surface area contributed by atoms with Crippen LogP contribution in [0, 0.1) is 34.5 Å². The number of hydrogen-bond acceptors (Lipinski definition) is 1. The van der Waals surface area contributed by atoms with Gasteiger partial charge < -0.3 is 5.11 Å². The van der Waals surface area contributed by atoms with Crippen molar-refractivity contribution in [2.45, 2.75) is 59.3 Å². The van der Waals surface area contributed by atoms with E-state index in [1.165, 1.54) is 38.5 Å². The molecule has 0 saturated heterocycles. The molecule has 0 amide bonds. The smallest absolute Gasteiger partial charge is 0.310 e. The summed E-state index contributed by atoms with van der Waals surface area (Å²) >= 11 is 0. The Hall–Kier alpha value is -0.530. The Morgan fingerprint density at radius 1 is 1.11 bits per heavy atom. The average Bonchev–Trinajstić information content (AvgIpc) is 2.25. The van der Waals surface area contributed by atoms with Crippen molar-refractivity contribution < 1.29 is 9.90 Å². The fourth-order valence-electron chi connectivity index (χ4n) is 5.83. The lowest BCUT2D eigenvalue weighted by molar-refractivity contribution is -0.184. The van der Waals surface area contributed by atoms with E-state index < -0.39 is 11.4 Å². The van der Waals surface area contributed by atoms with Gasteiger partial charge in [-0.25, -0.2) is 0 Å². The van der Waals surface area contributed by atoms with Crippen LogP contribution < -0.4 is 0 Å². The highest BCUT2D eigenvalue weighted by atomic mass is 16.4. The van der Waals surface area contributed by atoms with E-state index in [2.05, 4.69) is 13.8 Å². The zero-order valence-electron chi connectivity index (χ0n) is 11.9. The van der Waals surface area contributed by atoms with Gasteiger partial charge in [-0.3, -0.25) is 4.79 Å². The van der Waals surface area contributed by atoms with E-state index in [9.17, 15) is 9.90 Å². The molecule has 0 heterocycles. The molecule has 0 spiro atoms. The lowest BCUT2D eigenvalue weighted by atomic mass is 9.41. The van der Waals surface area contributed by atoms with Crippen LogP contribution in [0.25, 0.3) is 0 Å². The van der Waals surface area contributed by atoms with Gasteiger partial charge in [0.05, 0.1) is 5.41 Å². The lowest BCUT2D eigenvalue weighted by Crippen LogP contribution is -2.58. The topological polar surface area (TPSA) is 37.3 Å². The van der Waals surface area contributed by atoms with E-state index in [0.717, 1.165) is 17.8 Å². The maximum absolute atomic E-state index is 12.0. The highest BCUT2D eigenvalue weighted by Crippen LogP contribution is 2.67. The molecule has 0 aromatic heterocycles. The van der Waals surface area contributed by atoms with Gasteiger partial charge in [-0.05, 0) is 74.5 Å². The Balaban J connectivity index is 2.01. The van der Waals surface area contributed by atoms with E-state index in [1.807, 2.05) is 6.92 Å². The van der Waals surface area contributed by atoms with Crippen LogP contribution in [-0.2, 0) is 4.79 Å². The van der Waals surface area contributed by atoms with Crippen molar-refractivity contribution in [3.05, 3.63) is 0 Å². The maximum Gasteiger partial charge on any atom is 0.310 e. The third-order valence-corrected chi connectivity index (χ3v) is 6.74. The van der Waals surface area contributed by atoms with Crippen molar-refractivity contribution in [2.75, 3.05) is 0 Å². The van der Waals surface area contributed by atoms with Crippen molar-refractivity contribution in [1.29, 1.82) is 0 Å². The molecule has 0 aliphatic heterocycles. The van der Waals surface area contributed by atoms with Crippen molar-refractivity contribution >= 4 is 5.97 Å². The fraction of sp³-hybridized carbons (Fsp3) is 0.938. The molecule has 4 aliphatic rings. The van der Waals surface area contributed by atoms with Crippen LogP contribution in [-0.4, -0.2) is 11.1 Å². The standard InChI is InChI=1S/C16H26O2/c1-10(2)15(3,14(17)18)16-7-11-4-12(8-16)6-13(5-11)9-16/h10-13H,4-9H2,1-3H3,(H,17,18). The summed E-state index contributed by atoms with van der Waals surface area (Å²) in [6.45, 7) is 6.24. The van der Waals surface area contributed by atoms with E-state index >= 15 is 0 Å². The molecule has 1 unspecified atom stereocenters. The summed E-state index contributed by atoms with van der Waals surface area (Å²) in [5.74, 6) is 2.15. The number of carbonyl (C=O) groups is 1. The molecule has 4 saturated carbocycles. The fourth-order valence-corrected chi connectivity index (χ4v) is 5.83. The second-order valence-electron chi connectivity index (χ2n) is 7.86. The number of carboxylic acid groups (broad SMARTS) is 1. The van der Waals surface area contributed by atoms with Gasteiger partial charge in [-0.2, -0.15) is 0 Å². The van der Waals surface area contributed by atoms with Gasteiger partial charge in [0, 0.05) is 0 Å². The van der Waals surface area contributed by atoms with Crippen molar-refractivity contribution in [3.8, 4) is 0 Å². The Morgan fingerprint density at radius 2 is 1.50 bits per heavy atom. The Morgan fingerprint density at radius 3 is 1.78 bits per heavy atom. The minimum absolute atomic E-state index is 0.0990. The number of rotatable bonds is 3. The molecular formula is C16H26O2. The molecule has 18 heavy (non-hydrogen) atoms. The summed E-state index contributed by atoms with van der Waals surface area (Å²) in [7, 11) is 0. The molecule has 0 aromatic carbocycles. The summed E-state index contributed by atoms with van der Waals surface area (Å²) in [5, 5.41) is 9.86. The van der Waals surface area contributed by atoms with Gasteiger partial charge >= 0.3 is 5.97 Å². The molecule has 4 aliphatic carbocycles. The SMILES string of the molecule is CC(C)C(C)(C(=O)O)C12CC3CC(CC(C3)C1)C2. The number of hydrogen-bond donors (Lipinski definition) is 1. The first-order valence-corrected chi connectivity index (χ1v) is 7.61. The normalized spacial score (nSPS) is 45.2. The molecule has 1 N–H and O–H groups in total. The zero-order chi connectivity index (χ0) is 13.1. The van der Waals surface area contributed by atoms with Crippen LogP contribution in [0.1, 0.15) is 59.3 Å². The van der Waals surface area contributed by atoms with E-state index in [1.54, 1.807) is 0 Å². The van der Waals surface area contributed by atoms with Crippen molar-refractivity contribution in [1.82, 2.24) is 0 Å². The van der Waals surface area contributed by atoms with E-state index in [0.29, 0.717) is 0 Å². The highest BCUT2D eigenvalue weighted by Gasteiger charge is 2.62. The van der Waals surface area contributed by atoms with Gasteiger partial charge in [0.1, 0.15) is 0 Å². The van der Waals surface area contributed by atoms with Crippen LogP contribution in [0.4, 0.5) is 0 Å². The van der Waals surface area contributed by atoms with Crippen LogP contribution in [0.5, 0.6) is 0 Å². The summed E-state index contributed by atoms with van der Waals surface area (Å²) < 4.78 is 0. The second kappa shape index (κ2) is 3.74. The van der Waals surface area contributed by atoms with Crippen LogP contribution >= 0.6 is 0 Å². The molecule has 102 valence electrons. The third-order valence-electron chi connectivity index (χ3n) is 6.74. The van der Waals surface area contributed by atoms with Gasteiger partial charge in [0.15, 0.2) is 0 Å². The number of aliphatic carboxylic acids is 1. The summed E-state index contributed by atoms with van der Waals surface area (Å²) in [6, 6.07) is 0. The van der Waals surface area contributed by atoms with Crippen LogP contribution in [0.15, 0.2) is 0 Å². The Bertz CT molecular complexity index is 336. The molecule has 0 aromatic rings. The minimum atomic E-state index is -0.556.